The molecule has 21 heavy (non-hydrogen) atoms. The van der Waals surface area contributed by atoms with Crippen LogP contribution in [0.5, 0.6) is 5.75 Å². The van der Waals surface area contributed by atoms with Crippen molar-refractivity contribution in [3.05, 3.63) is 29.1 Å². The highest BCUT2D eigenvalue weighted by atomic mass is 19.2. The number of phenolic OH excluding ortho intramolecular Hbond substituents is 1. The number of halogens is 3. The van der Waals surface area contributed by atoms with E-state index in [0.717, 1.165) is 12.8 Å². The van der Waals surface area contributed by atoms with Gasteiger partial charge in [-0.1, -0.05) is 0 Å². The quantitative estimate of drug-likeness (QED) is 0.775. The predicted octanol–water partition coefficient (Wildman–Crippen LogP) is 1.62. The van der Waals surface area contributed by atoms with E-state index in [2.05, 4.69) is 0 Å². The highest BCUT2D eigenvalue weighted by molar-refractivity contribution is 5.95. The van der Waals surface area contributed by atoms with Crippen LogP contribution in [0.4, 0.5) is 13.2 Å². The highest BCUT2D eigenvalue weighted by Crippen LogP contribution is 2.38. The van der Waals surface area contributed by atoms with Crippen molar-refractivity contribution in [2.75, 3.05) is 13.1 Å². The Labute approximate surface area is 119 Å². The van der Waals surface area contributed by atoms with Gasteiger partial charge in [-0.25, -0.2) is 8.78 Å². The lowest BCUT2D eigenvalue weighted by Crippen LogP contribution is -2.34. The Bertz CT molecular complexity index is 608. The zero-order valence-electron chi connectivity index (χ0n) is 11.2. The number of benzene rings is 1. The number of carbonyl (C=O) groups is 1. The van der Waals surface area contributed by atoms with Crippen LogP contribution in [0, 0.1) is 29.3 Å². The molecule has 4 nitrogen and oxygen atoms in total. The number of hydrogen-bond acceptors (Lipinski definition) is 3. The van der Waals surface area contributed by atoms with Crippen LogP contribution in [-0.4, -0.2) is 35.0 Å². The first-order chi connectivity index (χ1) is 9.90. The number of amides is 1. The molecule has 0 bridgehead atoms. The van der Waals surface area contributed by atoms with Crippen molar-refractivity contribution in [1.29, 1.82) is 0 Å². The van der Waals surface area contributed by atoms with Gasteiger partial charge in [0.15, 0.2) is 17.4 Å². The van der Waals surface area contributed by atoms with Crippen molar-refractivity contribution in [2.45, 2.75) is 18.9 Å². The summed E-state index contributed by atoms with van der Waals surface area (Å²) in [4.78, 5) is 13.7. The van der Waals surface area contributed by atoms with Crippen LogP contribution in [-0.2, 0) is 0 Å². The predicted molar refractivity (Wildman–Crippen MR) is 68.1 cm³/mol. The van der Waals surface area contributed by atoms with Gasteiger partial charge in [-0.3, -0.25) is 4.79 Å². The fourth-order valence-corrected chi connectivity index (χ4v) is 3.39. The third kappa shape index (κ3) is 2.16. The van der Waals surface area contributed by atoms with Gasteiger partial charge in [0.1, 0.15) is 0 Å². The molecule has 3 N–H and O–H groups in total. The third-order valence-corrected chi connectivity index (χ3v) is 4.56. The van der Waals surface area contributed by atoms with Gasteiger partial charge in [-0.2, -0.15) is 4.39 Å². The van der Waals surface area contributed by atoms with E-state index in [9.17, 15) is 23.1 Å². The smallest absolute Gasteiger partial charge is 0.257 e. The van der Waals surface area contributed by atoms with Gasteiger partial charge in [0.2, 0.25) is 5.82 Å². The molecule has 3 rings (SSSR count). The lowest BCUT2D eigenvalue weighted by atomic mass is 9.98. The second kappa shape index (κ2) is 4.91. The fraction of sp³-hybridized carbons (Fsp3) is 0.500. The van der Waals surface area contributed by atoms with Crippen molar-refractivity contribution in [2.24, 2.45) is 17.6 Å². The van der Waals surface area contributed by atoms with Gasteiger partial charge in [0.25, 0.3) is 5.91 Å². The van der Waals surface area contributed by atoms with Gasteiger partial charge >= 0.3 is 0 Å². The summed E-state index contributed by atoms with van der Waals surface area (Å²) in [6, 6.07) is 0.497. The Kier molecular flexibility index (Phi) is 3.32. The summed E-state index contributed by atoms with van der Waals surface area (Å²) in [5.41, 5.74) is 5.30. The molecule has 7 heteroatoms. The van der Waals surface area contributed by atoms with E-state index in [-0.39, 0.29) is 17.9 Å². The molecule has 1 heterocycles. The average Bonchev–Trinajstić information content (AvgIpc) is 3.02. The highest BCUT2D eigenvalue weighted by Gasteiger charge is 2.43. The molecule has 1 amide bonds. The Hall–Kier alpha value is -1.76. The molecule has 1 aromatic carbocycles. The monoisotopic (exact) mass is 300 g/mol. The molecule has 3 atom stereocenters. The summed E-state index contributed by atoms with van der Waals surface area (Å²) in [7, 11) is 0. The number of aromatic hydroxyl groups is 1. The molecule has 0 aromatic heterocycles. The number of phenols is 1. The Morgan fingerprint density at radius 1 is 1.24 bits per heavy atom. The van der Waals surface area contributed by atoms with E-state index in [1.54, 1.807) is 0 Å². The van der Waals surface area contributed by atoms with Crippen LogP contribution < -0.4 is 5.73 Å². The number of nitrogens with two attached hydrogens (primary N) is 1. The first-order valence-electron chi connectivity index (χ1n) is 6.81. The summed E-state index contributed by atoms with van der Waals surface area (Å²) in [5, 5.41) is 9.18. The second-order valence-corrected chi connectivity index (χ2v) is 5.76. The summed E-state index contributed by atoms with van der Waals surface area (Å²) >= 11 is 0. The maximum absolute atomic E-state index is 13.8. The molecule has 1 aromatic rings. The van der Waals surface area contributed by atoms with E-state index in [0.29, 0.717) is 19.2 Å². The first kappa shape index (κ1) is 14.2. The molecule has 1 aliphatic heterocycles. The molecule has 2 fully saturated rings. The molecule has 0 radical (unpaired) electrons. The molecule has 0 spiro atoms. The zero-order chi connectivity index (χ0) is 15.3. The number of fused-ring (bicyclic) bond motifs is 1. The summed E-state index contributed by atoms with van der Waals surface area (Å²) < 4.78 is 40.1. The van der Waals surface area contributed by atoms with Gasteiger partial charge in [-0.15, -0.1) is 0 Å². The average molecular weight is 300 g/mol. The largest absolute Gasteiger partial charge is 0.503 e. The van der Waals surface area contributed by atoms with Crippen LogP contribution in [0.3, 0.4) is 0 Å². The van der Waals surface area contributed by atoms with Crippen LogP contribution in [0.1, 0.15) is 23.2 Å². The minimum atomic E-state index is -1.69. The first-order valence-corrected chi connectivity index (χ1v) is 6.81. The molecule has 1 aliphatic carbocycles. The fourth-order valence-electron chi connectivity index (χ4n) is 3.39. The van der Waals surface area contributed by atoms with E-state index in [1.165, 1.54) is 4.90 Å². The third-order valence-electron chi connectivity index (χ3n) is 4.56. The lowest BCUT2D eigenvalue weighted by molar-refractivity contribution is 0.0773. The molecule has 3 unspecified atom stereocenters. The number of rotatable bonds is 1. The van der Waals surface area contributed by atoms with E-state index < -0.39 is 34.7 Å². The summed E-state index contributed by atoms with van der Waals surface area (Å²) in [5.74, 6) is -6.35. The van der Waals surface area contributed by atoms with E-state index in [4.69, 9.17) is 5.73 Å². The molecule has 2 aliphatic rings. The van der Waals surface area contributed by atoms with Crippen molar-refractivity contribution in [1.82, 2.24) is 4.90 Å². The molecular formula is C14H15F3N2O2. The number of hydrogen-bond donors (Lipinski definition) is 2. The molecular weight excluding hydrogens is 285 g/mol. The minimum Gasteiger partial charge on any atom is -0.503 e. The Balaban J connectivity index is 1.87. The van der Waals surface area contributed by atoms with E-state index in [1.807, 2.05) is 0 Å². The molecule has 1 saturated carbocycles. The maximum atomic E-state index is 13.8. The summed E-state index contributed by atoms with van der Waals surface area (Å²) in [6.07, 6.45) is 1.80. The maximum Gasteiger partial charge on any atom is 0.257 e. The van der Waals surface area contributed by atoms with Crippen molar-refractivity contribution in [3.63, 3.8) is 0 Å². The number of likely N-dealkylation sites (tertiary alicyclic amines) is 1. The summed E-state index contributed by atoms with van der Waals surface area (Å²) in [6.45, 7) is 0.806. The standard InChI is InChI=1S/C14H15F3N2O2/c15-9-3-7(11(16)13(20)12(9)17)14(21)19-4-6-1-2-10(18)8(6)5-19/h3,6,8,10,20H,1-2,4-5,18H2. The van der Waals surface area contributed by atoms with Gasteiger partial charge in [0.05, 0.1) is 5.56 Å². The van der Waals surface area contributed by atoms with Crippen LogP contribution in [0.2, 0.25) is 0 Å². The lowest BCUT2D eigenvalue weighted by Gasteiger charge is -2.19. The number of carbonyl (C=O) groups excluding carboxylic acids is 1. The molecule has 1 saturated heterocycles. The van der Waals surface area contributed by atoms with Gasteiger partial charge in [-0.05, 0) is 30.7 Å². The van der Waals surface area contributed by atoms with Crippen molar-refractivity contribution < 1.29 is 23.1 Å². The van der Waals surface area contributed by atoms with Crippen LogP contribution >= 0.6 is 0 Å². The van der Waals surface area contributed by atoms with Gasteiger partial charge < -0.3 is 15.7 Å². The van der Waals surface area contributed by atoms with Gasteiger partial charge in [0, 0.05) is 19.1 Å². The number of nitrogens with zero attached hydrogens (tertiary/aromatic N) is 1. The topological polar surface area (TPSA) is 66.6 Å². The normalized spacial score (nSPS) is 28.0. The second-order valence-electron chi connectivity index (χ2n) is 5.76. The van der Waals surface area contributed by atoms with E-state index >= 15 is 0 Å². The van der Waals surface area contributed by atoms with Crippen LogP contribution in [0.25, 0.3) is 0 Å². The Morgan fingerprint density at radius 2 is 1.95 bits per heavy atom. The Morgan fingerprint density at radius 3 is 2.62 bits per heavy atom. The minimum absolute atomic E-state index is 0.0102. The SMILES string of the molecule is NC1CCC2CN(C(=O)c3cc(F)c(F)c(O)c3F)CC12. The molecule has 114 valence electrons. The van der Waals surface area contributed by atoms with Crippen LogP contribution in [0.15, 0.2) is 6.07 Å². The van der Waals surface area contributed by atoms with Crippen molar-refractivity contribution >= 4 is 5.91 Å². The van der Waals surface area contributed by atoms with Crippen molar-refractivity contribution in [3.8, 4) is 5.75 Å². The zero-order valence-corrected chi connectivity index (χ0v) is 11.2.